The summed E-state index contributed by atoms with van der Waals surface area (Å²) in [6, 6.07) is 4.27. The number of piperidine rings is 1. The van der Waals surface area contributed by atoms with E-state index in [0.717, 1.165) is 16.1 Å². The molecular weight excluding hydrogens is 326 g/mol. The summed E-state index contributed by atoms with van der Waals surface area (Å²) in [4.78, 5) is 5.17. The number of rotatable bonds is 3. The van der Waals surface area contributed by atoms with Crippen molar-refractivity contribution < 1.29 is 0 Å². The van der Waals surface area contributed by atoms with Crippen LogP contribution in [0.25, 0.3) is 0 Å². The zero-order valence-electron chi connectivity index (χ0n) is 12.9. The highest BCUT2D eigenvalue weighted by Gasteiger charge is 2.24. The topological polar surface area (TPSA) is 32.5 Å². The number of hydrogen-bond donors (Lipinski definition) is 1. The number of nitrogen functional groups attached to an aromatic ring is 1. The number of aryl methyl sites for hydroxylation is 1. The van der Waals surface area contributed by atoms with Gasteiger partial charge in [-0.25, -0.2) is 0 Å². The normalized spacial score (nSPS) is 21.1. The molecule has 2 fully saturated rings. The number of nitrogens with zero attached hydrogens (tertiary/aromatic N) is 2. The predicted octanol–water partition coefficient (Wildman–Crippen LogP) is 3.65. The summed E-state index contributed by atoms with van der Waals surface area (Å²) in [6.45, 7) is 8.38. The number of benzene rings is 1. The van der Waals surface area contributed by atoms with Gasteiger partial charge in [0.2, 0.25) is 0 Å². The molecule has 0 radical (unpaired) electrons. The first-order chi connectivity index (χ1) is 10.1. The van der Waals surface area contributed by atoms with Gasteiger partial charge < -0.3 is 15.5 Å². The molecule has 4 heteroatoms. The van der Waals surface area contributed by atoms with Gasteiger partial charge in [-0.1, -0.05) is 0 Å². The first kappa shape index (κ1) is 15.2. The summed E-state index contributed by atoms with van der Waals surface area (Å²) < 4.78 is 1.13. The van der Waals surface area contributed by atoms with Crippen LogP contribution >= 0.6 is 15.9 Å². The van der Waals surface area contributed by atoms with Gasteiger partial charge >= 0.3 is 0 Å². The molecule has 0 unspecified atom stereocenters. The summed E-state index contributed by atoms with van der Waals surface area (Å²) in [6.07, 6.45) is 5.42. The largest absolute Gasteiger partial charge is 0.398 e. The van der Waals surface area contributed by atoms with E-state index in [4.69, 9.17) is 5.73 Å². The number of likely N-dealkylation sites (tertiary alicyclic amines) is 1. The minimum Gasteiger partial charge on any atom is -0.398 e. The molecule has 116 valence electrons. The third-order valence-electron chi connectivity index (χ3n) is 5.01. The smallest absolute Gasteiger partial charge is 0.0514 e. The standard InChI is InChI=1S/C17H26BrN3/c1-13-10-17(15(18)11-16(13)19)21-8-4-14(5-9-21)12-20-6-2-3-7-20/h10-11,14H,2-9,12,19H2,1H3. The second-order valence-electron chi connectivity index (χ2n) is 6.60. The summed E-state index contributed by atoms with van der Waals surface area (Å²) >= 11 is 3.67. The van der Waals surface area contributed by atoms with Crippen LogP contribution in [0.1, 0.15) is 31.2 Å². The Bertz CT molecular complexity index is 489. The lowest BCUT2D eigenvalue weighted by Gasteiger charge is -2.36. The van der Waals surface area contributed by atoms with E-state index < -0.39 is 0 Å². The molecule has 0 saturated carbocycles. The summed E-state index contributed by atoms with van der Waals surface area (Å²) in [5.41, 5.74) is 9.33. The fourth-order valence-corrected chi connectivity index (χ4v) is 4.22. The molecule has 1 aromatic rings. The van der Waals surface area contributed by atoms with Crippen molar-refractivity contribution in [1.29, 1.82) is 0 Å². The fraction of sp³-hybridized carbons (Fsp3) is 0.647. The van der Waals surface area contributed by atoms with Gasteiger partial charge in [-0.2, -0.15) is 0 Å². The van der Waals surface area contributed by atoms with Gasteiger partial charge in [-0.15, -0.1) is 0 Å². The highest BCUT2D eigenvalue weighted by Crippen LogP contribution is 2.33. The van der Waals surface area contributed by atoms with Gasteiger partial charge in [0.25, 0.3) is 0 Å². The van der Waals surface area contributed by atoms with E-state index >= 15 is 0 Å². The van der Waals surface area contributed by atoms with Crippen molar-refractivity contribution in [2.75, 3.05) is 43.4 Å². The zero-order chi connectivity index (χ0) is 14.8. The van der Waals surface area contributed by atoms with Crippen LogP contribution in [0.5, 0.6) is 0 Å². The van der Waals surface area contributed by atoms with Crippen LogP contribution in [0.3, 0.4) is 0 Å². The lowest BCUT2D eigenvalue weighted by molar-refractivity contribution is 0.249. The summed E-state index contributed by atoms with van der Waals surface area (Å²) in [5, 5.41) is 0. The zero-order valence-corrected chi connectivity index (χ0v) is 14.5. The fourth-order valence-electron chi connectivity index (χ4n) is 3.61. The molecule has 0 atom stereocenters. The van der Waals surface area contributed by atoms with Crippen molar-refractivity contribution in [3.8, 4) is 0 Å². The molecule has 2 aliphatic rings. The SMILES string of the molecule is Cc1cc(N2CCC(CN3CCCC3)CC2)c(Br)cc1N. The van der Waals surface area contributed by atoms with Gasteiger partial charge in [0.1, 0.15) is 0 Å². The molecule has 0 spiro atoms. The van der Waals surface area contributed by atoms with E-state index in [1.807, 2.05) is 6.07 Å². The van der Waals surface area contributed by atoms with E-state index in [9.17, 15) is 0 Å². The lowest BCUT2D eigenvalue weighted by Crippen LogP contribution is -2.38. The summed E-state index contributed by atoms with van der Waals surface area (Å²) in [5.74, 6) is 0.882. The number of halogens is 1. The van der Waals surface area contributed by atoms with E-state index in [2.05, 4.69) is 38.7 Å². The van der Waals surface area contributed by atoms with E-state index in [-0.39, 0.29) is 0 Å². The van der Waals surface area contributed by atoms with Crippen molar-refractivity contribution in [3.63, 3.8) is 0 Å². The first-order valence-corrected chi connectivity index (χ1v) is 8.95. The Hall–Kier alpha value is -0.740. The minimum atomic E-state index is 0.870. The van der Waals surface area contributed by atoms with Crippen molar-refractivity contribution in [2.45, 2.75) is 32.6 Å². The molecule has 21 heavy (non-hydrogen) atoms. The van der Waals surface area contributed by atoms with E-state index in [1.165, 1.54) is 69.7 Å². The molecular formula is C17H26BrN3. The Balaban J connectivity index is 1.59. The Morgan fingerprint density at radius 2 is 1.81 bits per heavy atom. The van der Waals surface area contributed by atoms with Crippen LogP contribution in [0.2, 0.25) is 0 Å². The maximum atomic E-state index is 5.98. The molecule has 1 aromatic carbocycles. The Kier molecular flexibility index (Phi) is 4.75. The highest BCUT2D eigenvalue weighted by atomic mass is 79.9. The minimum absolute atomic E-state index is 0.870. The van der Waals surface area contributed by atoms with E-state index in [0.29, 0.717) is 0 Å². The van der Waals surface area contributed by atoms with Gasteiger partial charge in [0.15, 0.2) is 0 Å². The van der Waals surface area contributed by atoms with Crippen molar-refractivity contribution in [3.05, 3.63) is 22.2 Å². The monoisotopic (exact) mass is 351 g/mol. The molecule has 0 amide bonds. The molecule has 2 heterocycles. The Morgan fingerprint density at radius 3 is 2.48 bits per heavy atom. The molecule has 0 aliphatic carbocycles. The lowest BCUT2D eigenvalue weighted by atomic mass is 9.95. The van der Waals surface area contributed by atoms with Gasteiger partial charge in [0.05, 0.1) is 5.69 Å². The second kappa shape index (κ2) is 6.57. The average molecular weight is 352 g/mol. The van der Waals surface area contributed by atoms with Crippen LogP contribution in [-0.2, 0) is 0 Å². The Labute approximate surface area is 136 Å². The molecule has 3 rings (SSSR count). The summed E-state index contributed by atoms with van der Waals surface area (Å²) in [7, 11) is 0. The number of anilines is 2. The van der Waals surface area contributed by atoms with Crippen LogP contribution in [0.15, 0.2) is 16.6 Å². The highest BCUT2D eigenvalue weighted by molar-refractivity contribution is 9.10. The number of nitrogens with two attached hydrogens (primary N) is 1. The maximum absolute atomic E-state index is 5.98. The van der Waals surface area contributed by atoms with Crippen LogP contribution in [0.4, 0.5) is 11.4 Å². The van der Waals surface area contributed by atoms with Crippen molar-refractivity contribution in [1.82, 2.24) is 4.90 Å². The molecule has 2 aliphatic heterocycles. The predicted molar refractivity (Wildman–Crippen MR) is 93.9 cm³/mol. The first-order valence-electron chi connectivity index (χ1n) is 8.16. The molecule has 2 N–H and O–H groups in total. The van der Waals surface area contributed by atoms with Gasteiger partial charge in [-0.3, -0.25) is 0 Å². The van der Waals surface area contributed by atoms with Crippen molar-refractivity contribution in [2.24, 2.45) is 5.92 Å². The Morgan fingerprint density at radius 1 is 1.14 bits per heavy atom. The van der Waals surface area contributed by atoms with Crippen LogP contribution in [-0.4, -0.2) is 37.6 Å². The third kappa shape index (κ3) is 3.54. The quantitative estimate of drug-likeness (QED) is 0.843. The molecule has 3 nitrogen and oxygen atoms in total. The van der Waals surface area contributed by atoms with Crippen LogP contribution in [0, 0.1) is 12.8 Å². The number of hydrogen-bond acceptors (Lipinski definition) is 3. The van der Waals surface area contributed by atoms with E-state index in [1.54, 1.807) is 0 Å². The average Bonchev–Trinajstić information content (AvgIpc) is 2.97. The van der Waals surface area contributed by atoms with Gasteiger partial charge in [0, 0.05) is 29.8 Å². The van der Waals surface area contributed by atoms with Crippen molar-refractivity contribution >= 4 is 27.3 Å². The maximum Gasteiger partial charge on any atom is 0.0514 e. The molecule has 0 bridgehead atoms. The van der Waals surface area contributed by atoms with Gasteiger partial charge in [-0.05, 0) is 85.2 Å². The van der Waals surface area contributed by atoms with Crippen LogP contribution < -0.4 is 10.6 Å². The second-order valence-corrected chi connectivity index (χ2v) is 7.45. The molecule has 2 saturated heterocycles. The third-order valence-corrected chi connectivity index (χ3v) is 5.64. The molecule has 0 aromatic heterocycles.